The van der Waals surface area contributed by atoms with E-state index in [4.69, 9.17) is 9.47 Å². The molecule has 1 aliphatic heterocycles. The standard InChI is InChI=1S/C13H22O3/c1-2-16-13(8-4-5-9-13)12(14)11-7-3-6-10-15-11/h7,12,14H,2-6,8-10H2,1H3. The predicted octanol–water partition coefficient (Wildman–Crippen LogP) is 2.39. The molecule has 0 radical (unpaired) electrons. The first-order valence-corrected chi connectivity index (χ1v) is 6.43. The molecule has 0 amide bonds. The largest absolute Gasteiger partial charge is 0.495 e. The van der Waals surface area contributed by atoms with Gasteiger partial charge in [0, 0.05) is 6.61 Å². The Morgan fingerprint density at radius 2 is 2.19 bits per heavy atom. The number of ether oxygens (including phenoxy) is 2. The minimum atomic E-state index is -0.574. The molecule has 16 heavy (non-hydrogen) atoms. The molecule has 1 heterocycles. The van der Waals surface area contributed by atoms with Crippen LogP contribution in [0.15, 0.2) is 11.8 Å². The number of aliphatic hydroxyl groups is 1. The van der Waals surface area contributed by atoms with Crippen LogP contribution in [0.4, 0.5) is 0 Å². The van der Waals surface area contributed by atoms with Gasteiger partial charge in [-0.05, 0) is 38.7 Å². The van der Waals surface area contributed by atoms with Crippen molar-refractivity contribution >= 4 is 0 Å². The summed E-state index contributed by atoms with van der Waals surface area (Å²) in [5.74, 6) is 0.738. The Hall–Kier alpha value is -0.540. The van der Waals surface area contributed by atoms with Crippen molar-refractivity contribution in [3.63, 3.8) is 0 Å². The molecule has 0 aromatic heterocycles. The third-order valence-electron chi connectivity index (χ3n) is 3.61. The quantitative estimate of drug-likeness (QED) is 0.800. The zero-order valence-corrected chi connectivity index (χ0v) is 10.1. The second-order valence-corrected chi connectivity index (χ2v) is 4.70. The number of hydrogen-bond donors (Lipinski definition) is 1. The molecule has 0 saturated heterocycles. The van der Waals surface area contributed by atoms with E-state index in [9.17, 15) is 5.11 Å². The van der Waals surface area contributed by atoms with Gasteiger partial charge in [0.2, 0.25) is 0 Å². The van der Waals surface area contributed by atoms with Crippen molar-refractivity contribution in [1.82, 2.24) is 0 Å². The maximum Gasteiger partial charge on any atom is 0.139 e. The van der Waals surface area contributed by atoms with Crippen LogP contribution in [0.1, 0.15) is 45.4 Å². The molecule has 2 aliphatic rings. The summed E-state index contributed by atoms with van der Waals surface area (Å²) < 4.78 is 11.4. The SMILES string of the molecule is CCOC1(C(O)C2=CCCCO2)CCCC1. The molecule has 3 nitrogen and oxygen atoms in total. The summed E-state index contributed by atoms with van der Waals surface area (Å²) in [6.45, 7) is 3.37. The molecule has 1 fully saturated rings. The molecule has 1 unspecified atom stereocenters. The van der Waals surface area contributed by atoms with Gasteiger partial charge < -0.3 is 14.6 Å². The van der Waals surface area contributed by atoms with Gasteiger partial charge in [-0.1, -0.05) is 12.8 Å². The third kappa shape index (κ3) is 2.25. The molecule has 1 aliphatic carbocycles. The number of allylic oxidation sites excluding steroid dienone is 1. The fourth-order valence-electron chi connectivity index (χ4n) is 2.78. The van der Waals surface area contributed by atoms with Crippen LogP contribution < -0.4 is 0 Å². The smallest absolute Gasteiger partial charge is 0.139 e. The van der Waals surface area contributed by atoms with Crippen LogP contribution in [0.2, 0.25) is 0 Å². The maximum atomic E-state index is 10.4. The molecule has 2 rings (SSSR count). The monoisotopic (exact) mass is 226 g/mol. The fraction of sp³-hybridized carbons (Fsp3) is 0.846. The molecule has 0 aromatic carbocycles. The van der Waals surface area contributed by atoms with E-state index in [1.807, 2.05) is 13.0 Å². The lowest BCUT2D eigenvalue weighted by Crippen LogP contribution is -2.44. The molecule has 1 atom stereocenters. The van der Waals surface area contributed by atoms with Gasteiger partial charge in [-0.3, -0.25) is 0 Å². The number of hydrogen-bond acceptors (Lipinski definition) is 3. The van der Waals surface area contributed by atoms with E-state index < -0.39 is 6.10 Å². The van der Waals surface area contributed by atoms with Crippen LogP contribution in [0, 0.1) is 0 Å². The fourth-order valence-corrected chi connectivity index (χ4v) is 2.78. The van der Waals surface area contributed by atoms with Crippen molar-refractivity contribution in [1.29, 1.82) is 0 Å². The summed E-state index contributed by atoms with van der Waals surface area (Å²) in [7, 11) is 0. The third-order valence-corrected chi connectivity index (χ3v) is 3.61. The highest BCUT2D eigenvalue weighted by atomic mass is 16.5. The lowest BCUT2D eigenvalue weighted by molar-refractivity contribution is -0.118. The number of rotatable bonds is 4. The van der Waals surface area contributed by atoms with E-state index in [1.54, 1.807) is 0 Å². The molecular formula is C13H22O3. The van der Waals surface area contributed by atoms with E-state index in [0.717, 1.165) is 50.9 Å². The Morgan fingerprint density at radius 1 is 1.44 bits per heavy atom. The summed E-state index contributed by atoms with van der Waals surface area (Å²) in [6.07, 6.45) is 7.69. The lowest BCUT2D eigenvalue weighted by atomic mass is 9.92. The van der Waals surface area contributed by atoms with E-state index >= 15 is 0 Å². The van der Waals surface area contributed by atoms with E-state index in [2.05, 4.69) is 0 Å². The van der Waals surface area contributed by atoms with Gasteiger partial charge >= 0.3 is 0 Å². The summed E-state index contributed by atoms with van der Waals surface area (Å²) in [5.41, 5.74) is -0.377. The van der Waals surface area contributed by atoms with Gasteiger partial charge in [0.1, 0.15) is 17.5 Å². The minimum absolute atomic E-state index is 0.377. The van der Waals surface area contributed by atoms with Crippen molar-refractivity contribution in [3.8, 4) is 0 Å². The van der Waals surface area contributed by atoms with Gasteiger partial charge in [0.25, 0.3) is 0 Å². The van der Waals surface area contributed by atoms with Crippen LogP contribution in [-0.2, 0) is 9.47 Å². The first-order chi connectivity index (χ1) is 7.78. The average molecular weight is 226 g/mol. The van der Waals surface area contributed by atoms with Gasteiger partial charge in [0.05, 0.1) is 6.61 Å². The summed E-state index contributed by atoms with van der Waals surface area (Å²) >= 11 is 0. The highest BCUT2D eigenvalue weighted by Crippen LogP contribution is 2.39. The van der Waals surface area contributed by atoms with Crippen LogP contribution in [0.3, 0.4) is 0 Å². The molecule has 1 saturated carbocycles. The highest BCUT2D eigenvalue weighted by Gasteiger charge is 2.44. The molecule has 0 aromatic rings. The minimum Gasteiger partial charge on any atom is -0.495 e. The van der Waals surface area contributed by atoms with Crippen LogP contribution in [0.25, 0.3) is 0 Å². The van der Waals surface area contributed by atoms with Gasteiger partial charge in [0.15, 0.2) is 0 Å². The van der Waals surface area contributed by atoms with Crippen molar-refractivity contribution in [3.05, 3.63) is 11.8 Å². The Kier molecular flexibility index (Phi) is 3.87. The topological polar surface area (TPSA) is 38.7 Å². The normalized spacial score (nSPS) is 26.0. The first-order valence-electron chi connectivity index (χ1n) is 6.43. The maximum absolute atomic E-state index is 10.4. The molecular weight excluding hydrogens is 204 g/mol. The zero-order valence-electron chi connectivity index (χ0n) is 10.1. The first kappa shape index (κ1) is 11.9. The van der Waals surface area contributed by atoms with Crippen molar-refractivity contribution in [2.45, 2.75) is 57.2 Å². The average Bonchev–Trinajstić information content (AvgIpc) is 2.80. The van der Waals surface area contributed by atoms with E-state index in [-0.39, 0.29) is 5.60 Å². The zero-order chi connectivity index (χ0) is 11.4. The Morgan fingerprint density at radius 3 is 2.75 bits per heavy atom. The van der Waals surface area contributed by atoms with E-state index in [0.29, 0.717) is 6.61 Å². The highest BCUT2D eigenvalue weighted by molar-refractivity contribution is 5.11. The van der Waals surface area contributed by atoms with E-state index in [1.165, 1.54) is 0 Å². The Labute approximate surface area is 97.4 Å². The molecule has 0 bridgehead atoms. The molecule has 92 valence electrons. The summed E-state index contributed by atoms with van der Waals surface area (Å²) in [4.78, 5) is 0. The molecule has 0 spiro atoms. The second kappa shape index (κ2) is 5.19. The molecule has 3 heteroatoms. The summed E-state index contributed by atoms with van der Waals surface area (Å²) in [6, 6.07) is 0. The molecule has 1 N–H and O–H groups in total. The second-order valence-electron chi connectivity index (χ2n) is 4.70. The van der Waals surface area contributed by atoms with Gasteiger partial charge in [-0.15, -0.1) is 0 Å². The van der Waals surface area contributed by atoms with Crippen molar-refractivity contribution in [2.75, 3.05) is 13.2 Å². The van der Waals surface area contributed by atoms with Crippen molar-refractivity contribution in [2.24, 2.45) is 0 Å². The lowest BCUT2D eigenvalue weighted by Gasteiger charge is -2.35. The predicted molar refractivity (Wildman–Crippen MR) is 62.1 cm³/mol. The van der Waals surface area contributed by atoms with Crippen LogP contribution in [0.5, 0.6) is 0 Å². The van der Waals surface area contributed by atoms with Gasteiger partial charge in [-0.25, -0.2) is 0 Å². The van der Waals surface area contributed by atoms with Crippen molar-refractivity contribution < 1.29 is 14.6 Å². The van der Waals surface area contributed by atoms with Gasteiger partial charge in [-0.2, -0.15) is 0 Å². The Balaban J connectivity index is 2.09. The summed E-state index contributed by atoms with van der Waals surface area (Å²) in [5, 5.41) is 10.4. The van der Waals surface area contributed by atoms with Crippen LogP contribution >= 0.6 is 0 Å². The van der Waals surface area contributed by atoms with Crippen LogP contribution in [-0.4, -0.2) is 30.0 Å². The number of aliphatic hydroxyl groups excluding tert-OH is 1. The Bertz CT molecular complexity index is 254.